The van der Waals surface area contributed by atoms with Crippen LogP contribution in [0.4, 0.5) is 4.39 Å². The summed E-state index contributed by atoms with van der Waals surface area (Å²) in [6.45, 7) is 3.93. The summed E-state index contributed by atoms with van der Waals surface area (Å²) in [5, 5.41) is 0. The lowest BCUT2D eigenvalue weighted by Crippen LogP contribution is -1.89. The van der Waals surface area contributed by atoms with Gasteiger partial charge in [-0.15, -0.1) is 0 Å². The second kappa shape index (κ2) is 5.60. The van der Waals surface area contributed by atoms with Gasteiger partial charge in [-0.05, 0) is 42.8 Å². The van der Waals surface area contributed by atoms with E-state index in [0.717, 1.165) is 46.0 Å². The second-order valence-electron chi connectivity index (χ2n) is 5.89. The zero-order chi connectivity index (χ0) is 16.7. The van der Waals surface area contributed by atoms with Crippen LogP contribution in [0.15, 0.2) is 48.9 Å². The van der Waals surface area contributed by atoms with Gasteiger partial charge in [0.15, 0.2) is 0 Å². The van der Waals surface area contributed by atoms with Crippen molar-refractivity contribution in [2.24, 2.45) is 0 Å². The topological polar surface area (TPSA) is 46.0 Å². The summed E-state index contributed by atoms with van der Waals surface area (Å²) in [5.41, 5.74) is 5.20. The molecule has 0 unspecified atom stereocenters. The Morgan fingerprint density at radius 3 is 2.83 bits per heavy atom. The van der Waals surface area contributed by atoms with Crippen LogP contribution in [0.25, 0.3) is 28.2 Å². The number of nitrogens with one attached hydrogen (secondary N) is 1. The van der Waals surface area contributed by atoms with Crippen molar-refractivity contribution in [2.45, 2.75) is 20.3 Å². The molecule has 0 saturated heterocycles. The van der Waals surface area contributed by atoms with E-state index in [1.54, 1.807) is 6.20 Å². The van der Waals surface area contributed by atoms with E-state index in [2.05, 4.69) is 15.0 Å². The zero-order valence-corrected chi connectivity index (χ0v) is 13.5. The van der Waals surface area contributed by atoms with Crippen LogP contribution >= 0.6 is 0 Å². The van der Waals surface area contributed by atoms with Crippen LogP contribution in [0.2, 0.25) is 0 Å². The third kappa shape index (κ3) is 2.48. The molecule has 5 heteroatoms. The molecular formula is C19H17FN4. The summed E-state index contributed by atoms with van der Waals surface area (Å²) in [5.74, 6) is 0.634. The standard InChI is InChI=1S/C19H17FN4/c1-3-16-22-18(13-4-5-17-21-6-7-24(17)11-13)19(23-16)14-8-12(2)9-15(20)10-14/h4-11H,3H2,1-2H3,(H,22,23). The summed E-state index contributed by atoms with van der Waals surface area (Å²) in [6, 6.07) is 8.97. The van der Waals surface area contributed by atoms with Gasteiger partial charge in [0.05, 0.1) is 11.4 Å². The van der Waals surface area contributed by atoms with Crippen molar-refractivity contribution >= 4 is 5.65 Å². The highest BCUT2D eigenvalue weighted by Gasteiger charge is 2.15. The van der Waals surface area contributed by atoms with Gasteiger partial charge in [-0.25, -0.2) is 14.4 Å². The third-order valence-electron chi connectivity index (χ3n) is 4.08. The highest BCUT2D eigenvalue weighted by atomic mass is 19.1. The van der Waals surface area contributed by atoms with Crippen molar-refractivity contribution in [1.29, 1.82) is 0 Å². The Labute approximate surface area is 139 Å². The molecule has 3 heterocycles. The smallest absolute Gasteiger partial charge is 0.136 e. The summed E-state index contributed by atoms with van der Waals surface area (Å²) >= 11 is 0. The highest BCUT2D eigenvalue weighted by Crippen LogP contribution is 2.31. The summed E-state index contributed by atoms with van der Waals surface area (Å²) < 4.78 is 15.8. The van der Waals surface area contributed by atoms with E-state index in [0.29, 0.717) is 0 Å². The first kappa shape index (κ1) is 14.6. The number of benzene rings is 1. The number of aryl methyl sites for hydroxylation is 2. The average molecular weight is 320 g/mol. The first-order valence-corrected chi connectivity index (χ1v) is 7.93. The molecule has 24 heavy (non-hydrogen) atoms. The molecule has 3 aromatic heterocycles. The molecule has 0 spiro atoms. The van der Waals surface area contributed by atoms with Gasteiger partial charge in [0.2, 0.25) is 0 Å². The predicted molar refractivity (Wildman–Crippen MR) is 92.3 cm³/mol. The van der Waals surface area contributed by atoms with Gasteiger partial charge >= 0.3 is 0 Å². The van der Waals surface area contributed by atoms with Crippen LogP contribution in [0.3, 0.4) is 0 Å². The number of pyridine rings is 1. The lowest BCUT2D eigenvalue weighted by Gasteiger charge is -2.06. The number of rotatable bonds is 3. The van der Waals surface area contributed by atoms with Crippen LogP contribution in [0, 0.1) is 12.7 Å². The Hall–Kier alpha value is -2.95. The molecule has 120 valence electrons. The molecule has 0 atom stereocenters. The van der Waals surface area contributed by atoms with Crippen molar-refractivity contribution in [1.82, 2.24) is 19.4 Å². The number of aromatic amines is 1. The van der Waals surface area contributed by atoms with Gasteiger partial charge in [-0.3, -0.25) is 0 Å². The molecule has 0 fully saturated rings. The second-order valence-corrected chi connectivity index (χ2v) is 5.89. The summed E-state index contributed by atoms with van der Waals surface area (Å²) in [4.78, 5) is 12.3. The fourth-order valence-corrected chi connectivity index (χ4v) is 2.95. The number of fused-ring (bicyclic) bond motifs is 1. The number of hydrogen-bond acceptors (Lipinski definition) is 2. The molecule has 1 aromatic carbocycles. The van der Waals surface area contributed by atoms with E-state index in [1.165, 1.54) is 12.1 Å². The van der Waals surface area contributed by atoms with E-state index >= 15 is 0 Å². The monoisotopic (exact) mass is 320 g/mol. The minimum atomic E-state index is -0.248. The van der Waals surface area contributed by atoms with Crippen LogP contribution in [-0.2, 0) is 6.42 Å². The van der Waals surface area contributed by atoms with Gasteiger partial charge in [0, 0.05) is 36.1 Å². The van der Waals surface area contributed by atoms with E-state index in [9.17, 15) is 4.39 Å². The molecule has 0 aliphatic rings. The number of halogens is 1. The van der Waals surface area contributed by atoms with Crippen molar-refractivity contribution in [2.75, 3.05) is 0 Å². The molecule has 0 aliphatic heterocycles. The number of nitrogens with zero attached hydrogens (tertiary/aromatic N) is 3. The fraction of sp³-hybridized carbons (Fsp3) is 0.158. The summed E-state index contributed by atoms with van der Waals surface area (Å²) in [6.07, 6.45) is 6.46. The molecule has 1 N–H and O–H groups in total. The van der Waals surface area contributed by atoms with E-state index in [-0.39, 0.29) is 5.82 Å². The number of aromatic nitrogens is 4. The van der Waals surface area contributed by atoms with Gasteiger partial charge in [0.25, 0.3) is 0 Å². The van der Waals surface area contributed by atoms with Crippen LogP contribution in [-0.4, -0.2) is 19.4 Å². The van der Waals surface area contributed by atoms with Crippen molar-refractivity contribution in [3.63, 3.8) is 0 Å². The number of imidazole rings is 2. The van der Waals surface area contributed by atoms with Gasteiger partial charge in [-0.2, -0.15) is 0 Å². The van der Waals surface area contributed by atoms with Crippen LogP contribution in [0.1, 0.15) is 18.3 Å². The van der Waals surface area contributed by atoms with Gasteiger partial charge < -0.3 is 9.38 Å². The van der Waals surface area contributed by atoms with Gasteiger partial charge in [-0.1, -0.05) is 6.92 Å². The van der Waals surface area contributed by atoms with Crippen LogP contribution < -0.4 is 0 Å². The molecular weight excluding hydrogens is 303 g/mol. The number of H-pyrrole nitrogens is 1. The quantitative estimate of drug-likeness (QED) is 0.608. The van der Waals surface area contributed by atoms with E-state index in [4.69, 9.17) is 0 Å². The average Bonchev–Trinajstić information content (AvgIpc) is 3.19. The van der Waals surface area contributed by atoms with E-state index < -0.39 is 0 Å². The third-order valence-corrected chi connectivity index (χ3v) is 4.08. The lowest BCUT2D eigenvalue weighted by atomic mass is 10.0. The Bertz CT molecular complexity index is 1010. The Morgan fingerprint density at radius 2 is 2.04 bits per heavy atom. The molecule has 0 radical (unpaired) electrons. The minimum absolute atomic E-state index is 0.248. The normalized spacial score (nSPS) is 11.3. The maximum atomic E-state index is 13.9. The first-order valence-electron chi connectivity index (χ1n) is 7.93. The molecule has 0 aliphatic carbocycles. The predicted octanol–water partition coefficient (Wildman–Crippen LogP) is 4.40. The molecule has 0 saturated carbocycles. The largest absolute Gasteiger partial charge is 0.341 e. The Morgan fingerprint density at radius 1 is 1.17 bits per heavy atom. The molecule has 4 nitrogen and oxygen atoms in total. The van der Waals surface area contributed by atoms with Crippen LogP contribution in [0.5, 0.6) is 0 Å². The van der Waals surface area contributed by atoms with Crippen molar-refractivity contribution in [3.05, 3.63) is 66.1 Å². The van der Waals surface area contributed by atoms with Crippen molar-refractivity contribution in [3.8, 4) is 22.5 Å². The van der Waals surface area contributed by atoms with Gasteiger partial charge in [0.1, 0.15) is 17.3 Å². The van der Waals surface area contributed by atoms with Crippen molar-refractivity contribution < 1.29 is 4.39 Å². The molecule has 4 rings (SSSR count). The Kier molecular flexibility index (Phi) is 3.41. The maximum absolute atomic E-state index is 13.9. The lowest BCUT2D eigenvalue weighted by molar-refractivity contribution is 0.627. The minimum Gasteiger partial charge on any atom is -0.341 e. The van der Waals surface area contributed by atoms with E-state index in [1.807, 2.05) is 48.8 Å². The summed E-state index contributed by atoms with van der Waals surface area (Å²) in [7, 11) is 0. The zero-order valence-electron chi connectivity index (χ0n) is 13.5. The fourth-order valence-electron chi connectivity index (χ4n) is 2.95. The molecule has 0 amide bonds. The first-order chi connectivity index (χ1) is 11.6. The molecule has 0 bridgehead atoms. The molecule has 4 aromatic rings. The number of hydrogen-bond donors (Lipinski definition) is 1. The SMILES string of the molecule is CCc1nc(-c2cc(C)cc(F)c2)c(-c2ccc3nccn3c2)[nH]1. The highest BCUT2D eigenvalue weighted by molar-refractivity contribution is 5.79. The Balaban J connectivity index is 1.92. The maximum Gasteiger partial charge on any atom is 0.136 e.